The topological polar surface area (TPSA) is 88.4 Å². The molecular formula is C27H20N2O4S. The number of furan rings is 1. The van der Waals surface area contributed by atoms with Gasteiger partial charge in [0.15, 0.2) is 5.78 Å². The molecule has 4 aromatic rings. The maximum Gasteiger partial charge on any atom is 0.272 e. The summed E-state index contributed by atoms with van der Waals surface area (Å²) >= 11 is 1.45. The number of amides is 2. The predicted molar refractivity (Wildman–Crippen MR) is 133 cm³/mol. The standard InChI is InChI=1S/C27H20N2O4S/c30-25(15-14-22-8-4-16-33-22)19-10-12-21(13-11-19)28-27(32)24(18-23-9-5-17-34-23)29-26(31)20-6-2-1-3-7-20/h1-18H,(H,28,32)(H,29,31)/b15-14+,24-18-. The molecule has 2 amide bonds. The van der Waals surface area contributed by atoms with E-state index in [0.717, 1.165) is 4.88 Å². The second-order valence-corrected chi connectivity index (χ2v) is 8.12. The first kappa shape index (κ1) is 22.7. The van der Waals surface area contributed by atoms with Gasteiger partial charge in [0.25, 0.3) is 11.8 Å². The minimum absolute atomic E-state index is 0.109. The zero-order chi connectivity index (χ0) is 23.8. The fourth-order valence-corrected chi connectivity index (χ4v) is 3.67. The Labute approximate surface area is 200 Å². The van der Waals surface area contributed by atoms with Gasteiger partial charge in [-0.1, -0.05) is 24.3 Å². The molecular weight excluding hydrogens is 448 g/mol. The normalized spacial score (nSPS) is 11.4. The molecule has 2 heterocycles. The summed E-state index contributed by atoms with van der Waals surface area (Å²) in [6, 6.07) is 22.4. The van der Waals surface area contributed by atoms with Crippen LogP contribution in [0.5, 0.6) is 0 Å². The van der Waals surface area contributed by atoms with Crippen molar-refractivity contribution in [2.45, 2.75) is 0 Å². The summed E-state index contributed by atoms with van der Waals surface area (Å²) in [5.41, 5.74) is 1.51. The number of carbonyl (C=O) groups is 3. The summed E-state index contributed by atoms with van der Waals surface area (Å²) in [5, 5.41) is 7.35. The molecule has 0 aliphatic rings. The largest absolute Gasteiger partial charge is 0.465 e. The van der Waals surface area contributed by atoms with Crippen LogP contribution in [0.2, 0.25) is 0 Å². The molecule has 0 atom stereocenters. The van der Waals surface area contributed by atoms with Crippen molar-refractivity contribution < 1.29 is 18.8 Å². The van der Waals surface area contributed by atoms with Gasteiger partial charge in [0.05, 0.1) is 6.26 Å². The number of allylic oxidation sites excluding steroid dienone is 1. The number of nitrogens with one attached hydrogen (secondary N) is 2. The average molecular weight is 469 g/mol. The van der Waals surface area contributed by atoms with Crippen LogP contribution in [0.1, 0.15) is 31.4 Å². The molecule has 0 bridgehead atoms. The Hall–Kier alpha value is -4.49. The third kappa shape index (κ3) is 6.05. The molecule has 34 heavy (non-hydrogen) atoms. The van der Waals surface area contributed by atoms with Crippen molar-refractivity contribution >= 4 is 46.8 Å². The van der Waals surface area contributed by atoms with Gasteiger partial charge in [-0.25, -0.2) is 0 Å². The van der Waals surface area contributed by atoms with Gasteiger partial charge in [-0.2, -0.15) is 0 Å². The third-order valence-electron chi connectivity index (χ3n) is 4.73. The highest BCUT2D eigenvalue weighted by atomic mass is 32.1. The molecule has 0 fully saturated rings. The second kappa shape index (κ2) is 10.9. The van der Waals surface area contributed by atoms with Crippen molar-refractivity contribution in [1.29, 1.82) is 0 Å². The fourth-order valence-electron chi connectivity index (χ4n) is 3.01. The van der Waals surface area contributed by atoms with Crippen LogP contribution in [-0.4, -0.2) is 17.6 Å². The van der Waals surface area contributed by atoms with Gasteiger partial charge in [-0.05, 0) is 78.2 Å². The van der Waals surface area contributed by atoms with Crippen LogP contribution >= 0.6 is 11.3 Å². The van der Waals surface area contributed by atoms with Crippen molar-refractivity contribution in [3.8, 4) is 0 Å². The lowest BCUT2D eigenvalue weighted by Gasteiger charge is -2.11. The monoisotopic (exact) mass is 468 g/mol. The SMILES string of the molecule is O=C(Nc1ccc(C(=O)/C=C/c2ccco2)cc1)/C(=C/c1cccs1)NC(=O)c1ccccc1. The van der Waals surface area contributed by atoms with E-state index in [9.17, 15) is 14.4 Å². The Bertz CT molecular complexity index is 1320. The highest BCUT2D eigenvalue weighted by Gasteiger charge is 2.15. The van der Waals surface area contributed by atoms with E-state index in [0.29, 0.717) is 22.6 Å². The molecule has 0 saturated carbocycles. The summed E-state index contributed by atoms with van der Waals surface area (Å²) in [6.07, 6.45) is 6.17. The average Bonchev–Trinajstić information content (AvgIpc) is 3.57. The number of anilines is 1. The molecule has 0 aliphatic carbocycles. The molecule has 0 aliphatic heterocycles. The highest BCUT2D eigenvalue weighted by molar-refractivity contribution is 7.10. The second-order valence-electron chi connectivity index (χ2n) is 7.14. The molecule has 168 valence electrons. The molecule has 2 aromatic carbocycles. The highest BCUT2D eigenvalue weighted by Crippen LogP contribution is 2.16. The lowest BCUT2D eigenvalue weighted by Crippen LogP contribution is -2.30. The van der Waals surface area contributed by atoms with Crippen LogP contribution in [0.3, 0.4) is 0 Å². The van der Waals surface area contributed by atoms with Gasteiger partial charge in [0.2, 0.25) is 0 Å². The Kier molecular flexibility index (Phi) is 7.27. The Morgan fingerprint density at radius 2 is 1.62 bits per heavy atom. The van der Waals surface area contributed by atoms with Crippen molar-refractivity contribution in [2.75, 3.05) is 5.32 Å². The number of hydrogen-bond acceptors (Lipinski definition) is 5. The maximum atomic E-state index is 13.0. The van der Waals surface area contributed by atoms with Crippen LogP contribution in [0.4, 0.5) is 5.69 Å². The summed E-state index contributed by atoms with van der Waals surface area (Å²) in [6.45, 7) is 0. The molecule has 4 rings (SSSR count). The smallest absolute Gasteiger partial charge is 0.272 e. The number of benzene rings is 2. The first-order valence-electron chi connectivity index (χ1n) is 10.4. The number of hydrogen-bond donors (Lipinski definition) is 2. The number of rotatable bonds is 8. The van der Waals surface area contributed by atoms with E-state index in [1.807, 2.05) is 23.6 Å². The van der Waals surface area contributed by atoms with Crippen molar-refractivity contribution in [1.82, 2.24) is 5.32 Å². The van der Waals surface area contributed by atoms with E-state index >= 15 is 0 Å². The van der Waals surface area contributed by atoms with Crippen molar-refractivity contribution in [2.24, 2.45) is 0 Å². The van der Waals surface area contributed by atoms with Crippen LogP contribution in [0.15, 0.2) is 107 Å². The summed E-state index contributed by atoms with van der Waals surface area (Å²) < 4.78 is 5.18. The summed E-state index contributed by atoms with van der Waals surface area (Å²) in [7, 11) is 0. The first-order chi connectivity index (χ1) is 16.6. The number of carbonyl (C=O) groups excluding carboxylic acids is 3. The summed E-state index contributed by atoms with van der Waals surface area (Å²) in [4.78, 5) is 38.8. The van der Waals surface area contributed by atoms with Crippen molar-refractivity contribution in [3.63, 3.8) is 0 Å². The molecule has 0 spiro atoms. The Morgan fingerprint density at radius 1 is 0.824 bits per heavy atom. The minimum atomic E-state index is -0.477. The van der Waals surface area contributed by atoms with E-state index in [-0.39, 0.29) is 17.4 Å². The predicted octanol–water partition coefficient (Wildman–Crippen LogP) is 5.65. The van der Waals surface area contributed by atoms with E-state index in [4.69, 9.17) is 4.42 Å². The lowest BCUT2D eigenvalue weighted by molar-refractivity contribution is -0.113. The van der Waals surface area contributed by atoms with Gasteiger partial charge in [-0.15, -0.1) is 11.3 Å². The van der Waals surface area contributed by atoms with Crippen LogP contribution < -0.4 is 10.6 Å². The van der Waals surface area contributed by atoms with Crippen LogP contribution in [0, 0.1) is 0 Å². The van der Waals surface area contributed by atoms with E-state index in [1.54, 1.807) is 72.8 Å². The lowest BCUT2D eigenvalue weighted by atomic mass is 10.1. The first-order valence-corrected chi connectivity index (χ1v) is 11.3. The van der Waals surface area contributed by atoms with E-state index in [2.05, 4.69) is 10.6 Å². The Morgan fingerprint density at radius 3 is 2.29 bits per heavy atom. The molecule has 7 heteroatoms. The minimum Gasteiger partial charge on any atom is -0.465 e. The summed E-state index contributed by atoms with van der Waals surface area (Å²) in [5.74, 6) is -0.472. The van der Waals surface area contributed by atoms with Gasteiger partial charge < -0.3 is 15.1 Å². The molecule has 2 N–H and O–H groups in total. The molecule has 2 aromatic heterocycles. The van der Waals surface area contributed by atoms with Gasteiger partial charge in [-0.3, -0.25) is 14.4 Å². The van der Waals surface area contributed by atoms with E-state index in [1.165, 1.54) is 23.7 Å². The molecule has 0 saturated heterocycles. The van der Waals surface area contributed by atoms with Crippen LogP contribution in [-0.2, 0) is 4.79 Å². The van der Waals surface area contributed by atoms with Gasteiger partial charge in [0.1, 0.15) is 11.5 Å². The zero-order valence-electron chi connectivity index (χ0n) is 17.9. The molecule has 0 radical (unpaired) electrons. The number of thiophene rings is 1. The van der Waals surface area contributed by atoms with Crippen LogP contribution in [0.25, 0.3) is 12.2 Å². The molecule has 0 unspecified atom stereocenters. The van der Waals surface area contributed by atoms with Gasteiger partial charge >= 0.3 is 0 Å². The maximum absolute atomic E-state index is 13.0. The number of ketones is 1. The van der Waals surface area contributed by atoms with Crippen molar-refractivity contribution in [3.05, 3.63) is 124 Å². The van der Waals surface area contributed by atoms with E-state index < -0.39 is 5.91 Å². The quantitative estimate of drug-likeness (QED) is 0.258. The molecule has 6 nitrogen and oxygen atoms in total. The van der Waals surface area contributed by atoms with Gasteiger partial charge in [0, 0.05) is 21.7 Å². The zero-order valence-corrected chi connectivity index (χ0v) is 18.8. The Balaban J connectivity index is 1.46. The third-order valence-corrected chi connectivity index (χ3v) is 5.55. The fraction of sp³-hybridized carbons (Fsp3) is 0.